The van der Waals surface area contributed by atoms with E-state index in [1.54, 1.807) is 0 Å². The van der Waals surface area contributed by atoms with Crippen LogP contribution in [0.15, 0.2) is 0 Å². The number of piperazine rings is 1. The van der Waals surface area contributed by atoms with Crippen molar-refractivity contribution in [2.75, 3.05) is 25.4 Å². The average molecular weight is 258 g/mol. The van der Waals surface area contributed by atoms with Crippen molar-refractivity contribution in [1.82, 2.24) is 9.80 Å². The van der Waals surface area contributed by atoms with Gasteiger partial charge in [0, 0.05) is 25.6 Å². The summed E-state index contributed by atoms with van der Waals surface area (Å²) < 4.78 is 0. The fourth-order valence-corrected chi connectivity index (χ4v) is 2.93. The first-order chi connectivity index (χ1) is 8.13. The molecular formula is C11H18N2O3S. The molecule has 0 bridgehead atoms. The van der Waals surface area contributed by atoms with Gasteiger partial charge in [-0.2, -0.15) is 12.6 Å². The Balaban J connectivity index is 2.10. The standard InChI is InChI=1S/C11H18N2O3S/c14-10(3-5-17)13-6-8-2-1-4-12(8)7-9(13)11(15)16/h8-9,17H,1-7H2,(H,15,16). The summed E-state index contributed by atoms with van der Waals surface area (Å²) in [4.78, 5) is 26.8. The van der Waals surface area contributed by atoms with Crippen molar-refractivity contribution in [1.29, 1.82) is 0 Å². The van der Waals surface area contributed by atoms with Crippen LogP contribution < -0.4 is 0 Å². The molecule has 0 aliphatic carbocycles. The van der Waals surface area contributed by atoms with E-state index in [9.17, 15) is 14.7 Å². The van der Waals surface area contributed by atoms with E-state index in [0.29, 0.717) is 31.3 Å². The first-order valence-corrected chi connectivity index (χ1v) is 6.64. The highest BCUT2D eigenvalue weighted by Crippen LogP contribution is 2.25. The van der Waals surface area contributed by atoms with Crippen LogP contribution in [0.1, 0.15) is 19.3 Å². The number of hydrogen-bond acceptors (Lipinski definition) is 4. The second kappa shape index (κ2) is 5.27. The molecule has 0 saturated carbocycles. The number of hydrogen-bond donors (Lipinski definition) is 2. The Morgan fingerprint density at radius 3 is 2.76 bits per heavy atom. The second-order valence-electron chi connectivity index (χ2n) is 4.66. The largest absolute Gasteiger partial charge is 0.480 e. The van der Waals surface area contributed by atoms with E-state index in [1.807, 2.05) is 0 Å². The molecule has 0 spiro atoms. The van der Waals surface area contributed by atoms with Crippen LogP contribution in [0.5, 0.6) is 0 Å². The minimum Gasteiger partial charge on any atom is -0.480 e. The zero-order valence-electron chi connectivity index (χ0n) is 9.71. The van der Waals surface area contributed by atoms with Gasteiger partial charge in [-0.1, -0.05) is 0 Å². The van der Waals surface area contributed by atoms with Crippen molar-refractivity contribution in [2.45, 2.75) is 31.3 Å². The Morgan fingerprint density at radius 2 is 2.12 bits per heavy atom. The lowest BCUT2D eigenvalue weighted by Gasteiger charge is -2.41. The summed E-state index contributed by atoms with van der Waals surface area (Å²) in [5.41, 5.74) is 0. The van der Waals surface area contributed by atoms with Gasteiger partial charge >= 0.3 is 5.97 Å². The van der Waals surface area contributed by atoms with Crippen molar-refractivity contribution < 1.29 is 14.7 Å². The SMILES string of the molecule is O=C(O)C1CN2CCCC2CN1C(=O)CCS. The van der Waals surface area contributed by atoms with Crippen LogP contribution >= 0.6 is 12.6 Å². The minimum absolute atomic E-state index is 0.0843. The number of fused-ring (bicyclic) bond motifs is 1. The van der Waals surface area contributed by atoms with Crippen LogP contribution in [0, 0.1) is 0 Å². The number of rotatable bonds is 3. The van der Waals surface area contributed by atoms with Gasteiger partial charge in [0.1, 0.15) is 6.04 Å². The van der Waals surface area contributed by atoms with Crippen molar-refractivity contribution in [3.8, 4) is 0 Å². The zero-order valence-corrected chi connectivity index (χ0v) is 10.6. The van der Waals surface area contributed by atoms with Crippen LogP contribution in [0.2, 0.25) is 0 Å². The maximum atomic E-state index is 11.9. The smallest absolute Gasteiger partial charge is 0.327 e. The molecule has 2 fully saturated rings. The number of carboxylic acids is 1. The second-order valence-corrected chi connectivity index (χ2v) is 5.11. The van der Waals surface area contributed by atoms with E-state index >= 15 is 0 Å². The van der Waals surface area contributed by atoms with E-state index in [-0.39, 0.29) is 5.91 Å². The quantitative estimate of drug-likeness (QED) is 0.703. The van der Waals surface area contributed by atoms with Crippen molar-refractivity contribution in [3.63, 3.8) is 0 Å². The van der Waals surface area contributed by atoms with Crippen molar-refractivity contribution >= 4 is 24.5 Å². The fourth-order valence-electron chi connectivity index (χ4n) is 2.74. The Labute approximate surface area is 106 Å². The molecule has 0 radical (unpaired) electrons. The van der Waals surface area contributed by atoms with Gasteiger partial charge in [-0.15, -0.1) is 0 Å². The predicted octanol–water partition coefficient (Wildman–Crippen LogP) is 0.0661. The molecule has 96 valence electrons. The lowest BCUT2D eigenvalue weighted by Crippen LogP contribution is -2.60. The van der Waals surface area contributed by atoms with Gasteiger partial charge < -0.3 is 10.0 Å². The summed E-state index contributed by atoms with van der Waals surface area (Å²) in [7, 11) is 0. The first-order valence-electron chi connectivity index (χ1n) is 6.00. The Kier molecular flexibility index (Phi) is 3.93. The lowest BCUT2D eigenvalue weighted by molar-refractivity contribution is -0.154. The Morgan fingerprint density at radius 1 is 1.35 bits per heavy atom. The molecule has 2 saturated heterocycles. The minimum atomic E-state index is -0.900. The van der Waals surface area contributed by atoms with Gasteiger partial charge in [-0.05, 0) is 25.1 Å². The molecule has 2 aliphatic heterocycles. The third kappa shape index (κ3) is 2.57. The summed E-state index contributed by atoms with van der Waals surface area (Å²) in [6, 6.07) is -0.328. The summed E-state index contributed by atoms with van der Waals surface area (Å²) in [5.74, 6) is -0.516. The van der Waals surface area contributed by atoms with Gasteiger partial charge in [0.25, 0.3) is 0 Å². The fraction of sp³-hybridized carbons (Fsp3) is 0.818. The van der Waals surface area contributed by atoms with Crippen molar-refractivity contribution in [3.05, 3.63) is 0 Å². The number of carbonyl (C=O) groups excluding carboxylic acids is 1. The summed E-state index contributed by atoms with van der Waals surface area (Å²) >= 11 is 4.03. The molecule has 5 nitrogen and oxygen atoms in total. The monoisotopic (exact) mass is 258 g/mol. The zero-order chi connectivity index (χ0) is 12.4. The molecule has 0 aromatic carbocycles. The van der Waals surface area contributed by atoms with E-state index < -0.39 is 12.0 Å². The molecular weight excluding hydrogens is 240 g/mol. The number of aliphatic carboxylic acids is 1. The molecule has 0 aromatic heterocycles. The molecule has 6 heteroatoms. The first kappa shape index (κ1) is 12.7. The van der Waals surface area contributed by atoms with Gasteiger partial charge in [0.15, 0.2) is 0 Å². The van der Waals surface area contributed by atoms with Gasteiger partial charge in [0.2, 0.25) is 5.91 Å². The van der Waals surface area contributed by atoms with Gasteiger partial charge in [-0.25, -0.2) is 4.79 Å². The number of amides is 1. The maximum Gasteiger partial charge on any atom is 0.327 e. The number of carboxylic acid groups (broad SMARTS) is 1. The maximum absolute atomic E-state index is 11.9. The van der Waals surface area contributed by atoms with Gasteiger partial charge in [-0.3, -0.25) is 9.69 Å². The molecule has 1 N–H and O–H groups in total. The highest BCUT2D eigenvalue weighted by molar-refractivity contribution is 7.80. The van der Waals surface area contributed by atoms with E-state index in [0.717, 1.165) is 19.4 Å². The number of nitrogens with zero attached hydrogens (tertiary/aromatic N) is 2. The van der Waals surface area contributed by atoms with Crippen LogP contribution in [-0.2, 0) is 9.59 Å². The normalized spacial score (nSPS) is 29.1. The Bertz CT molecular complexity index is 324. The molecule has 2 rings (SSSR count). The molecule has 2 unspecified atom stereocenters. The molecule has 2 aliphatic rings. The van der Waals surface area contributed by atoms with E-state index in [1.165, 1.54) is 4.90 Å². The highest BCUT2D eigenvalue weighted by atomic mass is 32.1. The molecule has 2 heterocycles. The van der Waals surface area contributed by atoms with Crippen molar-refractivity contribution in [2.24, 2.45) is 0 Å². The number of thiol groups is 1. The van der Waals surface area contributed by atoms with Crippen LogP contribution in [0.3, 0.4) is 0 Å². The van der Waals surface area contributed by atoms with Crippen LogP contribution in [0.4, 0.5) is 0 Å². The van der Waals surface area contributed by atoms with E-state index in [2.05, 4.69) is 17.5 Å². The third-order valence-electron chi connectivity index (χ3n) is 3.62. The third-order valence-corrected chi connectivity index (χ3v) is 3.84. The van der Waals surface area contributed by atoms with Crippen LogP contribution in [-0.4, -0.2) is 64.3 Å². The molecule has 2 atom stereocenters. The molecule has 0 aromatic rings. The predicted molar refractivity (Wildman–Crippen MR) is 66.2 cm³/mol. The molecule has 17 heavy (non-hydrogen) atoms. The van der Waals surface area contributed by atoms with Crippen LogP contribution in [0.25, 0.3) is 0 Å². The summed E-state index contributed by atoms with van der Waals surface area (Å²) in [5, 5.41) is 9.21. The molecule has 1 amide bonds. The topological polar surface area (TPSA) is 60.9 Å². The lowest BCUT2D eigenvalue weighted by atomic mass is 10.1. The summed E-state index contributed by atoms with van der Waals surface area (Å²) in [6.07, 6.45) is 2.49. The number of carbonyl (C=O) groups is 2. The highest BCUT2D eigenvalue weighted by Gasteiger charge is 2.41. The Hall–Kier alpha value is -0.750. The van der Waals surface area contributed by atoms with Gasteiger partial charge in [0.05, 0.1) is 0 Å². The summed E-state index contributed by atoms with van der Waals surface area (Å²) in [6.45, 7) is 1.99. The van der Waals surface area contributed by atoms with E-state index in [4.69, 9.17) is 0 Å². The average Bonchev–Trinajstić information content (AvgIpc) is 2.74.